The van der Waals surface area contributed by atoms with Gasteiger partial charge in [-0.1, -0.05) is 41.9 Å². The van der Waals surface area contributed by atoms with Crippen molar-refractivity contribution in [1.29, 1.82) is 5.26 Å². The van der Waals surface area contributed by atoms with Crippen LogP contribution < -0.4 is 20.5 Å². The van der Waals surface area contributed by atoms with Crippen molar-refractivity contribution in [2.45, 2.75) is 39.6 Å². The third kappa shape index (κ3) is 7.82. The predicted octanol–water partition coefficient (Wildman–Crippen LogP) is 5.48. The number of aromatic nitrogens is 1. The first kappa shape index (κ1) is 32.2. The average molecular weight is 619 g/mol. The third-order valence-electron chi connectivity index (χ3n) is 6.87. The van der Waals surface area contributed by atoms with E-state index in [0.29, 0.717) is 39.3 Å². The fraction of sp³-hybridized carbons (Fsp3) is 0.242. The van der Waals surface area contributed by atoms with Crippen LogP contribution in [0.5, 0.6) is 11.5 Å². The molecule has 0 radical (unpaired) electrons. The van der Waals surface area contributed by atoms with Crippen LogP contribution in [0.3, 0.4) is 0 Å². The van der Waals surface area contributed by atoms with Crippen molar-refractivity contribution in [3.63, 3.8) is 0 Å². The van der Waals surface area contributed by atoms with Gasteiger partial charge in [0, 0.05) is 41.7 Å². The molecular formula is C33H32ClFN4O5. The summed E-state index contributed by atoms with van der Waals surface area (Å²) in [5, 5.41) is 22.2. The molecular weight excluding hydrogens is 587 g/mol. The molecule has 0 saturated heterocycles. The number of nitrogen functional groups attached to an aromatic ring is 1. The van der Waals surface area contributed by atoms with Gasteiger partial charge in [-0.2, -0.15) is 5.26 Å². The highest BCUT2D eigenvalue weighted by Crippen LogP contribution is 2.35. The minimum Gasteiger partial charge on any atom is -0.488 e. The van der Waals surface area contributed by atoms with Gasteiger partial charge in [0.25, 0.3) is 0 Å². The summed E-state index contributed by atoms with van der Waals surface area (Å²) < 4.78 is 32.0. The zero-order chi connectivity index (χ0) is 31.6. The second kappa shape index (κ2) is 15.2. The standard InChI is InChI=1S/C33H32ClFN4O5/c1-3-42-33(41)29(17-40)39-16-24-11-27(34)31(12-30(24)43-18-22-10-21(13-36)14-38-15-22)44-19-23-6-4-7-25(20(23)2)26-8-5-9-28(37)32(26)35/h4-12,14-15,29,39-40H,3,16-19,37H2,1-2H3/t29-/m1/s1. The Labute approximate surface area is 260 Å². The number of hydrogen-bond donors (Lipinski definition) is 3. The first-order valence-electron chi connectivity index (χ1n) is 13.8. The Hall–Kier alpha value is -4.69. The number of hydrogen-bond acceptors (Lipinski definition) is 9. The van der Waals surface area contributed by atoms with E-state index in [9.17, 15) is 19.6 Å². The number of nitrogens with two attached hydrogens (primary N) is 1. The van der Waals surface area contributed by atoms with Crippen LogP contribution in [0.25, 0.3) is 11.1 Å². The van der Waals surface area contributed by atoms with Gasteiger partial charge >= 0.3 is 5.97 Å². The first-order chi connectivity index (χ1) is 21.2. The molecule has 0 bridgehead atoms. The van der Waals surface area contributed by atoms with Gasteiger partial charge in [-0.15, -0.1) is 0 Å². The summed E-state index contributed by atoms with van der Waals surface area (Å²) >= 11 is 6.63. The zero-order valence-corrected chi connectivity index (χ0v) is 25.0. The third-order valence-corrected chi connectivity index (χ3v) is 7.17. The molecule has 1 aromatic heterocycles. The molecule has 0 aliphatic rings. The second-order valence-corrected chi connectivity index (χ2v) is 10.2. The van der Waals surface area contributed by atoms with E-state index in [1.165, 1.54) is 12.3 Å². The van der Waals surface area contributed by atoms with Gasteiger partial charge < -0.3 is 25.1 Å². The number of esters is 1. The number of aliphatic hydroxyl groups is 1. The molecule has 1 atom stereocenters. The maximum absolute atomic E-state index is 14.8. The Balaban J connectivity index is 1.59. The van der Waals surface area contributed by atoms with Crippen LogP contribution in [0.2, 0.25) is 5.02 Å². The fourth-order valence-corrected chi connectivity index (χ4v) is 4.73. The summed E-state index contributed by atoms with van der Waals surface area (Å²) in [5.74, 6) is -0.339. The highest BCUT2D eigenvalue weighted by Gasteiger charge is 2.20. The summed E-state index contributed by atoms with van der Waals surface area (Å²) in [7, 11) is 0. The molecule has 4 aromatic rings. The highest BCUT2D eigenvalue weighted by molar-refractivity contribution is 6.32. The maximum Gasteiger partial charge on any atom is 0.325 e. The summed E-state index contributed by atoms with van der Waals surface area (Å²) in [6, 6.07) is 16.5. The molecule has 4 rings (SSSR count). The van der Waals surface area contributed by atoms with Crippen LogP contribution in [0, 0.1) is 24.1 Å². The summed E-state index contributed by atoms with van der Waals surface area (Å²) in [4.78, 5) is 16.3. The van der Waals surface area contributed by atoms with Crippen molar-refractivity contribution in [1.82, 2.24) is 10.3 Å². The summed E-state index contributed by atoms with van der Waals surface area (Å²) in [6.07, 6.45) is 3.04. The zero-order valence-electron chi connectivity index (χ0n) is 24.3. The number of carbonyl (C=O) groups excluding carboxylic acids is 1. The molecule has 0 unspecified atom stereocenters. The van der Waals surface area contributed by atoms with E-state index < -0.39 is 24.4 Å². The maximum atomic E-state index is 14.8. The molecule has 3 aromatic carbocycles. The fourth-order valence-electron chi connectivity index (χ4n) is 4.49. The average Bonchev–Trinajstić information content (AvgIpc) is 3.02. The number of rotatable bonds is 13. The lowest BCUT2D eigenvalue weighted by Crippen LogP contribution is -2.40. The van der Waals surface area contributed by atoms with Gasteiger partial charge in [-0.3, -0.25) is 15.1 Å². The van der Waals surface area contributed by atoms with E-state index in [-0.39, 0.29) is 37.1 Å². The highest BCUT2D eigenvalue weighted by atomic mass is 35.5. The van der Waals surface area contributed by atoms with Crippen molar-refractivity contribution < 1.29 is 28.5 Å². The number of ether oxygens (including phenoxy) is 3. The Kier molecular flexibility index (Phi) is 11.1. The number of aliphatic hydroxyl groups excluding tert-OH is 1. The molecule has 4 N–H and O–H groups in total. The number of pyridine rings is 1. The largest absolute Gasteiger partial charge is 0.488 e. The van der Waals surface area contributed by atoms with Gasteiger partial charge in [-0.25, -0.2) is 4.39 Å². The smallest absolute Gasteiger partial charge is 0.325 e. The molecule has 0 aliphatic heterocycles. The van der Waals surface area contributed by atoms with Gasteiger partial charge in [0.05, 0.1) is 29.5 Å². The van der Waals surface area contributed by atoms with Crippen LogP contribution >= 0.6 is 11.6 Å². The van der Waals surface area contributed by atoms with Crippen LogP contribution in [0.15, 0.2) is 67.0 Å². The van der Waals surface area contributed by atoms with E-state index in [1.54, 1.807) is 43.5 Å². The number of nitriles is 1. The van der Waals surface area contributed by atoms with Crippen LogP contribution in [-0.2, 0) is 29.3 Å². The molecule has 0 aliphatic carbocycles. The molecule has 0 fully saturated rings. The quantitative estimate of drug-likeness (QED) is 0.131. The van der Waals surface area contributed by atoms with E-state index >= 15 is 0 Å². The van der Waals surface area contributed by atoms with Crippen LogP contribution in [-0.4, -0.2) is 35.3 Å². The molecule has 0 saturated carbocycles. The van der Waals surface area contributed by atoms with Crippen LogP contribution in [0.1, 0.15) is 34.7 Å². The topological polar surface area (TPSA) is 140 Å². The number of benzene rings is 3. The predicted molar refractivity (Wildman–Crippen MR) is 164 cm³/mol. The Morgan fingerprint density at radius 1 is 1.09 bits per heavy atom. The lowest BCUT2D eigenvalue weighted by molar-refractivity contribution is -0.146. The van der Waals surface area contributed by atoms with E-state index in [4.69, 9.17) is 31.5 Å². The Morgan fingerprint density at radius 3 is 2.59 bits per heavy atom. The van der Waals surface area contributed by atoms with Gasteiger partial charge in [0.1, 0.15) is 36.8 Å². The van der Waals surface area contributed by atoms with E-state index in [1.807, 2.05) is 25.1 Å². The molecule has 228 valence electrons. The molecule has 0 amide bonds. The van der Waals surface area contributed by atoms with Crippen molar-refractivity contribution in [2.75, 3.05) is 18.9 Å². The second-order valence-electron chi connectivity index (χ2n) is 9.83. The molecule has 9 nitrogen and oxygen atoms in total. The van der Waals surface area contributed by atoms with Crippen LogP contribution in [0.4, 0.5) is 10.1 Å². The minimum atomic E-state index is -0.950. The number of anilines is 1. The molecule has 1 heterocycles. The Morgan fingerprint density at radius 2 is 1.84 bits per heavy atom. The SMILES string of the molecule is CCOC(=O)[C@@H](CO)NCc1cc(Cl)c(OCc2cccc(-c3cccc(N)c3F)c2C)cc1OCc1cncc(C#N)c1. The number of carbonyl (C=O) groups is 1. The summed E-state index contributed by atoms with van der Waals surface area (Å²) in [6.45, 7) is 3.61. The van der Waals surface area contributed by atoms with Gasteiger partial charge in [-0.05, 0) is 48.7 Å². The number of nitrogens with one attached hydrogen (secondary N) is 1. The molecule has 11 heteroatoms. The van der Waals surface area contributed by atoms with Gasteiger partial charge in [0.2, 0.25) is 0 Å². The number of halogens is 2. The Bertz CT molecular complexity index is 1680. The van der Waals surface area contributed by atoms with E-state index in [0.717, 1.165) is 11.1 Å². The van der Waals surface area contributed by atoms with E-state index in [2.05, 4.69) is 16.4 Å². The van der Waals surface area contributed by atoms with Crippen molar-refractivity contribution in [3.05, 3.63) is 106 Å². The first-order valence-corrected chi connectivity index (χ1v) is 14.2. The summed E-state index contributed by atoms with van der Waals surface area (Å²) in [5.41, 5.74) is 10.2. The van der Waals surface area contributed by atoms with Crippen molar-refractivity contribution >= 4 is 23.3 Å². The lowest BCUT2D eigenvalue weighted by atomic mass is 9.96. The molecule has 0 spiro atoms. The number of nitrogens with zero attached hydrogens (tertiary/aromatic N) is 2. The van der Waals surface area contributed by atoms with Crippen molar-refractivity contribution in [3.8, 4) is 28.7 Å². The normalized spacial score (nSPS) is 11.5. The van der Waals surface area contributed by atoms with Gasteiger partial charge in [0.15, 0.2) is 5.82 Å². The minimum absolute atomic E-state index is 0.0696. The molecule has 44 heavy (non-hydrogen) atoms. The van der Waals surface area contributed by atoms with Crippen molar-refractivity contribution in [2.24, 2.45) is 0 Å². The monoisotopic (exact) mass is 618 g/mol. The lowest BCUT2D eigenvalue weighted by Gasteiger charge is -2.19.